The fourth-order valence-electron chi connectivity index (χ4n) is 2.61. The molecule has 4 nitrogen and oxygen atoms in total. The number of hydrogen-bond donors (Lipinski definition) is 1. The molecule has 2 heterocycles. The number of carbonyl (C=O) groups is 1. The maximum Gasteiger partial charge on any atom is 0.350 e. The first kappa shape index (κ1) is 11.8. The fourth-order valence-corrected chi connectivity index (χ4v) is 3.89. The number of carbonyl (C=O) groups excluding carboxylic acids is 1. The van der Waals surface area contributed by atoms with E-state index in [0.717, 1.165) is 13.1 Å². The molecule has 1 saturated carbocycles. The van der Waals surface area contributed by atoms with Gasteiger partial charge in [-0.15, -0.1) is 11.3 Å². The summed E-state index contributed by atoms with van der Waals surface area (Å²) in [5, 5.41) is 1.22. The third-order valence-electron chi connectivity index (χ3n) is 3.71. The monoisotopic (exact) mass is 266 g/mol. The smallest absolute Gasteiger partial charge is 0.350 e. The van der Waals surface area contributed by atoms with E-state index in [1.165, 1.54) is 54.7 Å². The van der Waals surface area contributed by atoms with Crippen LogP contribution in [0.15, 0.2) is 0 Å². The Balaban J connectivity index is 2.02. The Bertz CT molecular complexity index is 474. The summed E-state index contributed by atoms with van der Waals surface area (Å²) >= 11 is 1.51. The minimum atomic E-state index is -0.301. The molecular formula is C13H18N2O2S. The molecule has 2 N–H and O–H groups in total. The van der Waals surface area contributed by atoms with Crippen molar-refractivity contribution in [1.82, 2.24) is 0 Å². The zero-order valence-electron chi connectivity index (χ0n) is 10.6. The highest BCUT2D eigenvalue weighted by molar-refractivity contribution is 7.18. The first-order valence-corrected chi connectivity index (χ1v) is 7.29. The number of hydrogen-bond acceptors (Lipinski definition) is 5. The zero-order chi connectivity index (χ0) is 12.7. The van der Waals surface area contributed by atoms with Crippen LogP contribution in [0.4, 0.5) is 10.7 Å². The van der Waals surface area contributed by atoms with Crippen molar-refractivity contribution in [2.45, 2.75) is 31.6 Å². The van der Waals surface area contributed by atoms with E-state index in [-0.39, 0.29) is 5.97 Å². The highest BCUT2D eigenvalue weighted by Crippen LogP contribution is 2.52. The quantitative estimate of drug-likeness (QED) is 0.854. The standard InChI is InChI=1S/C13H18N2O2S/c1-17-13(16)11-10(14)9(8-4-5-8)12(18-11)15-6-2-3-7-15/h8H,2-7,14H2,1H3. The molecule has 0 spiro atoms. The lowest BCUT2D eigenvalue weighted by Gasteiger charge is -2.17. The summed E-state index contributed by atoms with van der Waals surface area (Å²) in [4.78, 5) is 14.7. The van der Waals surface area contributed by atoms with Gasteiger partial charge in [0.15, 0.2) is 0 Å². The number of anilines is 2. The van der Waals surface area contributed by atoms with Crippen LogP contribution in [0.3, 0.4) is 0 Å². The molecule has 0 radical (unpaired) electrons. The summed E-state index contributed by atoms with van der Waals surface area (Å²) < 4.78 is 4.82. The van der Waals surface area contributed by atoms with Crippen molar-refractivity contribution in [3.8, 4) is 0 Å². The predicted octanol–water partition coefficient (Wildman–Crippen LogP) is 2.59. The average Bonchev–Trinajstić information content (AvgIpc) is 2.94. The SMILES string of the molecule is COC(=O)c1sc(N2CCCC2)c(C2CC2)c1N. The minimum absolute atomic E-state index is 0.301. The largest absolute Gasteiger partial charge is 0.465 e. The summed E-state index contributed by atoms with van der Waals surface area (Å²) in [6.45, 7) is 2.17. The molecule has 1 aliphatic heterocycles. The summed E-state index contributed by atoms with van der Waals surface area (Å²) in [6, 6.07) is 0. The van der Waals surface area contributed by atoms with Crippen molar-refractivity contribution in [3.63, 3.8) is 0 Å². The Morgan fingerprint density at radius 1 is 1.39 bits per heavy atom. The summed E-state index contributed by atoms with van der Waals surface area (Å²) in [5.41, 5.74) is 8.05. The fraction of sp³-hybridized carbons (Fsp3) is 0.615. The molecule has 3 rings (SSSR count). The number of methoxy groups -OCH3 is 1. The van der Waals surface area contributed by atoms with Gasteiger partial charge in [0.05, 0.1) is 17.8 Å². The lowest BCUT2D eigenvalue weighted by atomic mass is 10.1. The van der Waals surface area contributed by atoms with Gasteiger partial charge < -0.3 is 15.4 Å². The van der Waals surface area contributed by atoms with E-state index in [2.05, 4.69) is 4.90 Å². The van der Waals surface area contributed by atoms with Gasteiger partial charge in [-0.25, -0.2) is 4.79 Å². The molecule has 98 valence electrons. The van der Waals surface area contributed by atoms with Gasteiger partial charge in [-0.3, -0.25) is 0 Å². The Hall–Kier alpha value is -1.23. The molecule has 1 saturated heterocycles. The van der Waals surface area contributed by atoms with Crippen molar-refractivity contribution in [3.05, 3.63) is 10.4 Å². The summed E-state index contributed by atoms with van der Waals surface area (Å²) in [5.74, 6) is 0.264. The highest BCUT2D eigenvalue weighted by atomic mass is 32.1. The number of ether oxygens (including phenoxy) is 1. The van der Waals surface area contributed by atoms with Crippen LogP contribution in [-0.4, -0.2) is 26.2 Å². The van der Waals surface area contributed by atoms with Crippen molar-refractivity contribution in [1.29, 1.82) is 0 Å². The number of thiophene rings is 1. The van der Waals surface area contributed by atoms with E-state index in [1.54, 1.807) is 0 Å². The van der Waals surface area contributed by atoms with Gasteiger partial charge in [-0.2, -0.15) is 0 Å². The molecule has 0 aromatic carbocycles. The third-order valence-corrected chi connectivity index (χ3v) is 4.98. The molecule has 2 aliphatic rings. The first-order valence-electron chi connectivity index (χ1n) is 6.47. The first-order chi connectivity index (χ1) is 8.72. The second-order valence-electron chi connectivity index (χ2n) is 5.02. The van der Waals surface area contributed by atoms with Crippen LogP contribution in [0.5, 0.6) is 0 Å². The van der Waals surface area contributed by atoms with E-state index in [1.807, 2.05) is 0 Å². The molecule has 0 amide bonds. The molecule has 2 fully saturated rings. The summed E-state index contributed by atoms with van der Waals surface area (Å²) in [6.07, 6.45) is 4.86. The second-order valence-corrected chi connectivity index (χ2v) is 6.02. The zero-order valence-corrected chi connectivity index (χ0v) is 11.4. The van der Waals surface area contributed by atoms with Crippen molar-refractivity contribution in [2.24, 2.45) is 0 Å². The molecule has 5 heteroatoms. The second kappa shape index (κ2) is 4.46. The number of esters is 1. The van der Waals surface area contributed by atoms with E-state index < -0.39 is 0 Å². The van der Waals surface area contributed by atoms with Crippen molar-refractivity contribution < 1.29 is 9.53 Å². The molecule has 0 unspecified atom stereocenters. The molecule has 0 bridgehead atoms. The minimum Gasteiger partial charge on any atom is -0.465 e. The maximum absolute atomic E-state index is 11.7. The van der Waals surface area contributed by atoms with E-state index >= 15 is 0 Å². The maximum atomic E-state index is 11.7. The number of nitrogens with two attached hydrogens (primary N) is 1. The van der Waals surface area contributed by atoms with E-state index in [4.69, 9.17) is 10.5 Å². The van der Waals surface area contributed by atoms with Gasteiger partial charge in [0, 0.05) is 18.7 Å². The highest BCUT2D eigenvalue weighted by Gasteiger charge is 2.35. The molecular weight excluding hydrogens is 248 g/mol. The van der Waals surface area contributed by atoms with Gasteiger partial charge in [0.1, 0.15) is 4.88 Å². The predicted molar refractivity (Wildman–Crippen MR) is 73.5 cm³/mol. The molecule has 1 aliphatic carbocycles. The van der Waals surface area contributed by atoms with Crippen LogP contribution in [0.2, 0.25) is 0 Å². The number of nitrogen functional groups attached to an aromatic ring is 1. The number of rotatable bonds is 3. The Morgan fingerprint density at radius 2 is 2.06 bits per heavy atom. The van der Waals surface area contributed by atoms with Gasteiger partial charge in [0.25, 0.3) is 0 Å². The molecule has 0 atom stereocenters. The van der Waals surface area contributed by atoms with Crippen LogP contribution in [0.1, 0.15) is 46.8 Å². The normalized spacial score (nSPS) is 19.3. The Labute approximate surface area is 111 Å². The van der Waals surface area contributed by atoms with Crippen LogP contribution in [0, 0.1) is 0 Å². The van der Waals surface area contributed by atoms with Crippen molar-refractivity contribution >= 4 is 28.0 Å². The average molecular weight is 266 g/mol. The van der Waals surface area contributed by atoms with Crippen LogP contribution >= 0.6 is 11.3 Å². The van der Waals surface area contributed by atoms with Gasteiger partial charge in [-0.05, 0) is 31.6 Å². The van der Waals surface area contributed by atoms with Crippen molar-refractivity contribution in [2.75, 3.05) is 30.8 Å². The Morgan fingerprint density at radius 3 is 2.61 bits per heavy atom. The van der Waals surface area contributed by atoms with Crippen LogP contribution < -0.4 is 10.6 Å². The molecule has 1 aromatic heterocycles. The molecule has 18 heavy (non-hydrogen) atoms. The molecule has 1 aromatic rings. The number of nitrogens with zero attached hydrogens (tertiary/aromatic N) is 1. The van der Waals surface area contributed by atoms with Crippen LogP contribution in [-0.2, 0) is 4.74 Å². The lowest BCUT2D eigenvalue weighted by Crippen LogP contribution is -2.17. The summed E-state index contributed by atoms with van der Waals surface area (Å²) in [7, 11) is 1.41. The topological polar surface area (TPSA) is 55.6 Å². The Kier molecular flexibility index (Phi) is 2.93. The van der Waals surface area contributed by atoms with E-state index in [9.17, 15) is 4.79 Å². The van der Waals surface area contributed by atoms with Gasteiger partial charge in [-0.1, -0.05) is 0 Å². The van der Waals surface area contributed by atoms with Gasteiger partial charge >= 0.3 is 5.97 Å². The van der Waals surface area contributed by atoms with Gasteiger partial charge in [0.2, 0.25) is 0 Å². The third kappa shape index (κ3) is 1.86. The van der Waals surface area contributed by atoms with Crippen LogP contribution in [0.25, 0.3) is 0 Å². The lowest BCUT2D eigenvalue weighted by molar-refractivity contribution is 0.0607. The van der Waals surface area contributed by atoms with E-state index in [0.29, 0.717) is 16.5 Å².